The monoisotopic (exact) mass is 347 g/mol. The molecule has 3 aromatic rings. The first-order chi connectivity index (χ1) is 12.8. The lowest BCUT2D eigenvalue weighted by Gasteiger charge is -2.04. The molecule has 130 valence electrons. The molecule has 1 aromatic heterocycles. The number of ether oxygens (including phenoxy) is 2. The second-order valence-corrected chi connectivity index (χ2v) is 5.85. The van der Waals surface area contributed by atoms with Crippen molar-refractivity contribution in [1.82, 2.24) is 15.3 Å². The Morgan fingerprint density at radius 2 is 1.96 bits per heavy atom. The first kappa shape index (κ1) is 16.1. The van der Waals surface area contributed by atoms with Gasteiger partial charge in [0.2, 0.25) is 12.7 Å². The highest BCUT2D eigenvalue weighted by Crippen LogP contribution is 2.32. The minimum Gasteiger partial charge on any atom is -0.454 e. The molecule has 0 saturated carbocycles. The van der Waals surface area contributed by atoms with Crippen molar-refractivity contribution in [3.05, 3.63) is 66.0 Å². The van der Waals surface area contributed by atoms with Crippen LogP contribution in [0.4, 0.5) is 0 Å². The maximum atomic E-state index is 12.0. The molecule has 1 aliphatic rings. The third-order valence-electron chi connectivity index (χ3n) is 4.02. The molecule has 0 aliphatic carbocycles. The van der Waals surface area contributed by atoms with Crippen LogP contribution in [0.1, 0.15) is 11.3 Å². The lowest BCUT2D eigenvalue weighted by atomic mass is 10.1. The smallest absolute Gasteiger partial charge is 0.244 e. The Morgan fingerprint density at radius 1 is 1.12 bits per heavy atom. The second-order valence-electron chi connectivity index (χ2n) is 5.85. The fourth-order valence-electron chi connectivity index (χ4n) is 2.70. The molecule has 0 spiro atoms. The van der Waals surface area contributed by atoms with Gasteiger partial charge in [-0.2, -0.15) is 0 Å². The molecule has 1 aliphatic heterocycles. The van der Waals surface area contributed by atoms with Crippen LogP contribution >= 0.6 is 0 Å². The topological polar surface area (TPSA) is 73.3 Å². The Balaban J connectivity index is 1.31. The quantitative estimate of drug-likeness (QED) is 0.719. The molecule has 26 heavy (non-hydrogen) atoms. The van der Waals surface area contributed by atoms with E-state index >= 15 is 0 Å². The molecule has 2 aromatic carbocycles. The molecule has 1 N–H and O–H groups in total. The van der Waals surface area contributed by atoms with Crippen LogP contribution in [0.5, 0.6) is 11.5 Å². The number of hydrogen-bond acceptors (Lipinski definition) is 5. The molecule has 4 rings (SSSR count). The van der Waals surface area contributed by atoms with Gasteiger partial charge in [0.1, 0.15) is 0 Å². The van der Waals surface area contributed by atoms with Gasteiger partial charge in [0.15, 0.2) is 11.5 Å². The lowest BCUT2D eigenvalue weighted by Crippen LogP contribution is -2.23. The Labute approximate surface area is 150 Å². The van der Waals surface area contributed by atoms with Crippen LogP contribution in [0.15, 0.2) is 54.7 Å². The van der Waals surface area contributed by atoms with Crippen LogP contribution in [0.25, 0.3) is 17.1 Å². The number of amides is 1. The summed E-state index contributed by atoms with van der Waals surface area (Å²) in [6.45, 7) is 0.796. The standard InChI is InChI=1S/C20H17N3O3/c24-20(8-6-15-12-22-16-3-1-2-4-17(16)23-15)21-10-9-14-5-7-18-19(11-14)26-13-25-18/h1-8,11-12H,9-10,13H2,(H,21,24)/b8-6+. The molecule has 1 amide bonds. The number of nitrogens with one attached hydrogen (secondary N) is 1. The summed E-state index contributed by atoms with van der Waals surface area (Å²) in [5, 5.41) is 2.86. The number of fused-ring (bicyclic) bond motifs is 2. The van der Waals surface area contributed by atoms with Gasteiger partial charge in [-0.25, -0.2) is 4.98 Å². The van der Waals surface area contributed by atoms with E-state index in [-0.39, 0.29) is 12.7 Å². The van der Waals surface area contributed by atoms with E-state index < -0.39 is 0 Å². The number of aromatic nitrogens is 2. The minimum atomic E-state index is -0.166. The van der Waals surface area contributed by atoms with E-state index in [9.17, 15) is 4.79 Å². The van der Waals surface area contributed by atoms with E-state index in [1.54, 1.807) is 12.3 Å². The zero-order valence-corrected chi connectivity index (χ0v) is 14.0. The summed E-state index contributed by atoms with van der Waals surface area (Å²) in [5.74, 6) is 1.35. The average molecular weight is 347 g/mol. The van der Waals surface area contributed by atoms with Crippen LogP contribution in [-0.2, 0) is 11.2 Å². The van der Waals surface area contributed by atoms with Crippen molar-refractivity contribution in [3.8, 4) is 11.5 Å². The van der Waals surface area contributed by atoms with Gasteiger partial charge < -0.3 is 14.8 Å². The normalized spacial score (nSPS) is 12.6. The molecular weight excluding hydrogens is 330 g/mol. The summed E-state index contributed by atoms with van der Waals surface area (Å²) in [5.41, 5.74) is 3.37. The van der Waals surface area contributed by atoms with Crippen molar-refractivity contribution in [2.75, 3.05) is 13.3 Å². The van der Waals surface area contributed by atoms with Crippen molar-refractivity contribution in [3.63, 3.8) is 0 Å². The Kier molecular flexibility index (Phi) is 4.47. The molecule has 0 unspecified atom stereocenters. The van der Waals surface area contributed by atoms with Gasteiger partial charge in [-0.15, -0.1) is 0 Å². The van der Waals surface area contributed by atoms with E-state index in [1.807, 2.05) is 42.5 Å². The largest absolute Gasteiger partial charge is 0.454 e. The van der Waals surface area contributed by atoms with Crippen LogP contribution < -0.4 is 14.8 Å². The highest BCUT2D eigenvalue weighted by molar-refractivity contribution is 5.91. The van der Waals surface area contributed by atoms with Gasteiger partial charge in [0.25, 0.3) is 0 Å². The number of rotatable bonds is 5. The van der Waals surface area contributed by atoms with Gasteiger partial charge in [0.05, 0.1) is 22.9 Å². The van der Waals surface area contributed by atoms with E-state index in [0.717, 1.165) is 28.1 Å². The summed E-state index contributed by atoms with van der Waals surface area (Å²) >= 11 is 0. The average Bonchev–Trinajstić information content (AvgIpc) is 3.14. The summed E-state index contributed by atoms with van der Waals surface area (Å²) in [6, 6.07) is 13.4. The van der Waals surface area contributed by atoms with Crippen LogP contribution in [-0.4, -0.2) is 29.2 Å². The van der Waals surface area contributed by atoms with Crippen molar-refractivity contribution in [2.45, 2.75) is 6.42 Å². The van der Waals surface area contributed by atoms with Crippen molar-refractivity contribution in [1.29, 1.82) is 0 Å². The zero-order valence-electron chi connectivity index (χ0n) is 14.0. The maximum Gasteiger partial charge on any atom is 0.244 e. The first-order valence-electron chi connectivity index (χ1n) is 8.34. The molecule has 0 fully saturated rings. The van der Waals surface area contributed by atoms with E-state index in [1.165, 1.54) is 6.08 Å². The minimum absolute atomic E-state index is 0.166. The van der Waals surface area contributed by atoms with Gasteiger partial charge in [-0.05, 0) is 42.3 Å². The van der Waals surface area contributed by atoms with Gasteiger partial charge in [-0.1, -0.05) is 18.2 Å². The van der Waals surface area contributed by atoms with Crippen LogP contribution in [0, 0.1) is 0 Å². The molecular formula is C20H17N3O3. The van der Waals surface area contributed by atoms with Crippen molar-refractivity contribution >= 4 is 23.0 Å². The molecule has 0 bridgehead atoms. The van der Waals surface area contributed by atoms with Gasteiger partial charge in [-0.3, -0.25) is 9.78 Å². The number of nitrogens with zero attached hydrogens (tertiary/aromatic N) is 2. The highest BCUT2D eigenvalue weighted by atomic mass is 16.7. The third kappa shape index (κ3) is 3.64. The maximum absolute atomic E-state index is 12.0. The van der Waals surface area contributed by atoms with Crippen molar-refractivity contribution in [2.24, 2.45) is 0 Å². The number of carbonyl (C=O) groups excluding carboxylic acids is 1. The predicted octanol–water partition coefficient (Wildman–Crippen LogP) is 2.73. The molecule has 6 nitrogen and oxygen atoms in total. The SMILES string of the molecule is O=C(/C=C/c1cnc2ccccc2n1)NCCc1ccc2c(c1)OCO2. The van der Waals surface area contributed by atoms with Crippen LogP contribution in [0.2, 0.25) is 0 Å². The molecule has 0 atom stereocenters. The van der Waals surface area contributed by atoms with E-state index in [2.05, 4.69) is 15.3 Å². The van der Waals surface area contributed by atoms with E-state index in [4.69, 9.17) is 9.47 Å². The second kappa shape index (κ2) is 7.23. The Bertz CT molecular complexity index is 985. The molecule has 0 saturated heterocycles. The van der Waals surface area contributed by atoms with Crippen molar-refractivity contribution < 1.29 is 14.3 Å². The van der Waals surface area contributed by atoms with Gasteiger partial charge in [0, 0.05) is 12.6 Å². The Morgan fingerprint density at radius 3 is 2.88 bits per heavy atom. The summed E-state index contributed by atoms with van der Waals surface area (Å²) in [7, 11) is 0. The zero-order chi connectivity index (χ0) is 17.8. The van der Waals surface area contributed by atoms with Gasteiger partial charge >= 0.3 is 0 Å². The summed E-state index contributed by atoms with van der Waals surface area (Å²) in [4.78, 5) is 20.7. The number of hydrogen-bond donors (Lipinski definition) is 1. The molecule has 2 heterocycles. The number of para-hydroxylation sites is 2. The third-order valence-corrected chi connectivity index (χ3v) is 4.02. The number of carbonyl (C=O) groups is 1. The predicted molar refractivity (Wildman–Crippen MR) is 97.9 cm³/mol. The first-order valence-corrected chi connectivity index (χ1v) is 8.34. The van der Waals surface area contributed by atoms with Crippen LogP contribution in [0.3, 0.4) is 0 Å². The molecule has 0 radical (unpaired) electrons. The molecule has 6 heteroatoms. The summed E-state index contributed by atoms with van der Waals surface area (Å²) < 4.78 is 10.6. The number of benzene rings is 2. The lowest BCUT2D eigenvalue weighted by molar-refractivity contribution is -0.116. The fourth-order valence-corrected chi connectivity index (χ4v) is 2.70. The Hall–Kier alpha value is -3.41. The highest BCUT2D eigenvalue weighted by Gasteiger charge is 2.12. The summed E-state index contributed by atoms with van der Waals surface area (Å²) in [6.07, 6.45) is 5.50. The van der Waals surface area contributed by atoms with E-state index in [0.29, 0.717) is 18.7 Å². The fraction of sp³-hybridized carbons (Fsp3) is 0.150.